The molecule has 0 heterocycles. The maximum absolute atomic E-state index is 4.12. The Bertz CT molecular complexity index is 27.2. The standard InChI is InChI=1S/C4H10S.Na.H/c1-4(2,3)5;;/h5H,1-3H3;;/q;+1;-1. The van der Waals surface area contributed by atoms with Gasteiger partial charge in [0.05, 0.1) is 0 Å². The third kappa shape index (κ3) is 55.5. The van der Waals surface area contributed by atoms with Gasteiger partial charge in [-0.25, -0.2) is 0 Å². The van der Waals surface area contributed by atoms with Crippen LogP contribution in [0.15, 0.2) is 0 Å². The van der Waals surface area contributed by atoms with E-state index in [2.05, 4.69) is 33.4 Å². The largest absolute Gasteiger partial charge is 1.00 e. The van der Waals surface area contributed by atoms with Crippen molar-refractivity contribution in [3.8, 4) is 0 Å². The van der Waals surface area contributed by atoms with Crippen molar-refractivity contribution >= 4 is 12.6 Å². The topological polar surface area (TPSA) is 0 Å². The van der Waals surface area contributed by atoms with Gasteiger partial charge in [0.15, 0.2) is 0 Å². The van der Waals surface area contributed by atoms with Crippen LogP contribution in [-0.4, -0.2) is 4.75 Å². The van der Waals surface area contributed by atoms with E-state index in [9.17, 15) is 0 Å². The molecular weight excluding hydrogens is 103 g/mol. The van der Waals surface area contributed by atoms with Gasteiger partial charge in [0.25, 0.3) is 0 Å². The summed E-state index contributed by atoms with van der Waals surface area (Å²) in [5, 5.41) is 0. The Morgan fingerprint density at radius 2 is 1.33 bits per heavy atom. The van der Waals surface area contributed by atoms with E-state index in [0.29, 0.717) is 0 Å². The summed E-state index contributed by atoms with van der Waals surface area (Å²) in [5.74, 6) is 0. The predicted molar refractivity (Wildman–Crippen MR) is 29.9 cm³/mol. The van der Waals surface area contributed by atoms with Gasteiger partial charge in [-0.05, 0) is 0 Å². The predicted octanol–water partition coefficient (Wildman–Crippen LogP) is -1.17. The molecule has 0 rings (SSSR count). The minimum atomic E-state index is 0. The molecule has 0 aliphatic heterocycles. The molecule has 0 bridgehead atoms. The van der Waals surface area contributed by atoms with Crippen molar-refractivity contribution in [1.29, 1.82) is 0 Å². The van der Waals surface area contributed by atoms with Gasteiger partial charge in [-0.1, -0.05) is 20.8 Å². The number of thiol groups is 1. The van der Waals surface area contributed by atoms with E-state index < -0.39 is 0 Å². The van der Waals surface area contributed by atoms with Crippen molar-refractivity contribution in [3.05, 3.63) is 0 Å². The second kappa shape index (κ2) is 3.36. The molecular formula is C4H11NaS. The first-order chi connectivity index (χ1) is 2.00. The smallest absolute Gasteiger partial charge is 1.00 e. The van der Waals surface area contributed by atoms with Gasteiger partial charge < -0.3 is 1.43 Å². The number of rotatable bonds is 0. The van der Waals surface area contributed by atoms with Crippen molar-refractivity contribution in [1.82, 2.24) is 0 Å². The SMILES string of the molecule is CC(C)(C)S.[H-].[Na+]. The Labute approximate surface area is 68.9 Å². The van der Waals surface area contributed by atoms with Crippen LogP contribution < -0.4 is 29.6 Å². The molecule has 0 saturated heterocycles. The molecule has 0 aromatic heterocycles. The summed E-state index contributed by atoms with van der Waals surface area (Å²) >= 11 is 4.12. The first-order valence-electron chi connectivity index (χ1n) is 1.72. The minimum absolute atomic E-state index is 0. The molecule has 34 valence electrons. The first-order valence-corrected chi connectivity index (χ1v) is 2.17. The van der Waals surface area contributed by atoms with Crippen LogP contribution in [0.1, 0.15) is 22.2 Å². The van der Waals surface area contributed by atoms with Gasteiger partial charge in [-0.3, -0.25) is 0 Å². The molecule has 0 fully saturated rings. The van der Waals surface area contributed by atoms with E-state index in [-0.39, 0.29) is 35.7 Å². The molecule has 0 spiro atoms. The molecule has 0 aliphatic rings. The molecule has 0 amide bonds. The molecule has 0 unspecified atom stereocenters. The monoisotopic (exact) mass is 114 g/mol. The third-order valence-corrected chi connectivity index (χ3v) is 0. The Kier molecular flexibility index (Phi) is 5.81. The first kappa shape index (κ1) is 10.4. The van der Waals surface area contributed by atoms with Crippen LogP contribution in [0.25, 0.3) is 0 Å². The van der Waals surface area contributed by atoms with Crippen molar-refractivity contribution in [2.75, 3.05) is 0 Å². The summed E-state index contributed by atoms with van der Waals surface area (Å²) in [6.45, 7) is 6.16. The van der Waals surface area contributed by atoms with Crippen LogP contribution in [-0.2, 0) is 0 Å². The van der Waals surface area contributed by atoms with Gasteiger partial charge >= 0.3 is 29.6 Å². The number of hydrogen-bond acceptors (Lipinski definition) is 1. The minimum Gasteiger partial charge on any atom is -1.00 e. The molecule has 0 nitrogen and oxygen atoms in total. The maximum Gasteiger partial charge on any atom is 1.00 e. The second-order valence-electron chi connectivity index (χ2n) is 2.17. The van der Waals surface area contributed by atoms with E-state index in [4.69, 9.17) is 0 Å². The van der Waals surface area contributed by atoms with Crippen molar-refractivity contribution < 1.29 is 31.0 Å². The molecule has 6 heavy (non-hydrogen) atoms. The second-order valence-corrected chi connectivity index (χ2v) is 3.51. The summed E-state index contributed by atoms with van der Waals surface area (Å²) in [6, 6.07) is 0. The molecule has 0 radical (unpaired) electrons. The fourth-order valence-corrected chi connectivity index (χ4v) is 0. The fourth-order valence-electron chi connectivity index (χ4n) is 0. The van der Waals surface area contributed by atoms with Gasteiger partial charge in [-0.2, -0.15) is 12.6 Å². The zero-order valence-electron chi connectivity index (χ0n) is 5.95. The van der Waals surface area contributed by atoms with E-state index in [1.807, 2.05) is 0 Å². The van der Waals surface area contributed by atoms with Crippen LogP contribution in [0.2, 0.25) is 0 Å². The quantitative estimate of drug-likeness (QED) is 0.298. The summed E-state index contributed by atoms with van der Waals surface area (Å²) in [7, 11) is 0. The van der Waals surface area contributed by atoms with Gasteiger partial charge in [0, 0.05) is 4.75 Å². The van der Waals surface area contributed by atoms with E-state index >= 15 is 0 Å². The molecule has 0 N–H and O–H groups in total. The van der Waals surface area contributed by atoms with Crippen molar-refractivity contribution in [2.45, 2.75) is 25.5 Å². The van der Waals surface area contributed by atoms with E-state index in [1.165, 1.54) is 0 Å². The molecule has 0 atom stereocenters. The Morgan fingerprint density at radius 3 is 1.33 bits per heavy atom. The molecule has 0 aliphatic carbocycles. The van der Waals surface area contributed by atoms with Crippen LogP contribution in [0.3, 0.4) is 0 Å². The Hall–Kier alpha value is 1.35. The van der Waals surface area contributed by atoms with Gasteiger partial charge in [-0.15, -0.1) is 0 Å². The van der Waals surface area contributed by atoms with Crippen LogP contribution in [0.5, 0.6) is 0 Å². The average molecular weight is 114 g/mol. The molecule has 0 aromatic rings. The summed E-state index contributed by atoms with van der Waals surface area (Å²) < 4.78 is 0.194. The summed E-state index contributed by atoms with van der Waals surface area (Å²) in [6.07, 6.45) is 0. The molecule has 0 saturated carbocycles. The normalized spacial score (nSPS) is 10.0. The molecule has 2 heteroatoms. The van der Waals surface area contributed by atoms with Crippen LogP contribution >= 0.6 is 12.6 Å². The van der Waals surface area contributed by atoms with Crippen LogP contribution in [0, 0.1) is 0 Å². The fraction of sp³-hybridized carbons (Fsp3) is 1.00. The van der Waals surface area contributed by atoms with Crippen LogP contribution in [0.4, 0.5) is 0 Å². The number of hydrogen-bond donors (Lipinski definition) is 1. The third-order valence-electron chi connectivity index (χ3n) is 0. The summed E-state index contributed by atoms with van der Waals surface area (Å²) in [4.78, 5) is 0. The Morgan fingerprint density at radius 1 is 1.33 bits per heavy atom. The van der Waals surface area contributed by atoms with E-state index in [0.717, 1.165) is 0 Å². The van der Waals surface area contributed by atoms with Crippen molar-refractivity contribution in [2.24, 2.45) is 0 Å². The average Bonchev–Trinajstić information content (AvgIpc) is 0.722. The zero-order valence-corrected chi connectivity index (χ0v) is 7.84. The van der Waals surface area contributed by atoms with Crippen molar-refractivity contribution in [3.63, 3.8) is 0 Å². The summed E-state index contributed by atoms with van der Waals surface area (Å²) in [5.41, 5.74) is 0. The van der Waals surface area contributed by atoms with Gasteiger partial charge in [0.1, 0.15) is 0 Å². The Balaban J connectivity index is -0.0000000800. The van der Waals surface area contributed by atoms with E-state index in [1.54, 1.807) is 0 Å². The molecule has 0 aromatic carbocycles. The zero-order chi connectivity index (χ0) is 4.50. The maximum atomic E-state index is 4.12. The van der Waals surface area contributed by atoms with Gasteiger partial charge in [0.2, 0.25) is 0 Å².